The van der Waals surface area contributed by atoms with Gasteiger partial charge in [-0.2, -0.15) is 5.10 Å². The Labute approximate surface area is 93.5 Å². The molecule has 82 valence electrons. The number of nitrogens with two attached hydrogens (primary N) is 1. The smallest absolute Gasteiger partial charge is 0.231 e. The molecule has 16 heavy (non-hydrogen) atoms. The molecule has 1 unspecified atom stereocenters. The van der Waals surface area contributed by atoms with Crippen LogP contribution in [0.5, 0.6) is 0 Å². The van der Waals surface area contributed by atoms with Gasteiger partial charge in [-0.25, -0.2) is 0 Å². The van der Waals surface area contributed by atoms with Crippen molar-refractivity contribution < 1.29 is 4.79 Å². The average molecular weight is 215 g/mol. The highest BCUT2D eigenvalue weighted by Crippen LogP contribution is 2.23. The van der Waals surface area contributed by atoms with Crippen LogP contribution in [0.2, 0.25) is 0 Å². The van der Waals surface area contributed by atoms with Crippen LogP contribution in [-0.4, -0.2) is 16.1 Å². The zero-order valence-electron chi connectivity index (χ0n) is 8.97. The van der Waals surface area contributed by atoms with Crippen molar-refractivity contribution >= 4 is 5.91 Å². The molecule has 1 atom stereocenters. The lowest BCUT2D eigenvalue weighted by Crippen LogP contribution is -2.22. The Morgan fingerprint density at radius 3 is 2.81 bits per heavy atom. The number of aromatic amines is 1. The topological polar surface area (TPSA) is 71.8 Å². The summed E-state index contributed by atoms with van der Waals surface area (Å²) in [6.45, 7) is 1.98. The van der Waals surface area contributed by atoms with Gasteiger partial charge in [-0.1, -0.05) is 29.8 Å². The fourth-order valence-electron chi connectivity index (χ4n) is 1.77. The third kappa shape index (κ3) is 1.95. The summed E-state index contributed by atoms with van der Waals surface area (Å²) in [7, 11) is 0. The molecule has 1 aromatic carbocycles. The van der Waals surface area contributed by atoms with Crippen LogP contribution in [0.1, 0.15) is 22.7 Å². The Balaban J connectivity index is 2.45. The van der Waals surface area contributed by atoms with Crippen LogP contribution in [0, 0.1) is 6.92 Å². The van der Waals surface area contributed by atoms with E-state index in [1.54, 1.807) is 12.3 Å². The van der Waals surface area contributed by atoms with Crippen LogP contribution in [0.15, 0.2) is 36.5 Å². The lowest BCUT2D eigenvalue weighted by atomic mass is 9.94. The Bertz CT molecular complexity index is 491. The number of nitrogens with zero attached hydrogens (tertiary/aromatic N) is 1. The molecule has 0 saturated carbocycles. The maximum Gasteiger partial charge on any atom is 0.231 e. The minimum absolute atomic E-state index is 0.380. The monoisotopic (exact) mass is 215 g/mol. The van der Waals surface area contributed by atoms with Crippen LogP contribution in [0.3, 0.4) is 0 Å². The number of aromatic nitrogens is 2. The van der Waals surface area contributed by atoms with Crippen molar-refractivity contribution in [3.05, 3.63) is 53.3 Å². The van der Waals surface area contributed by atoms with Gasteiger partial charge in [0.2, 0.25) is 5.91 Å². The predicted molar refractivity (Wildman–Crippen MR) is 60.8 cm³/mol. The van der Waals surface area contributed by atoms with Gasteiger partial charge in [-0.3, -0.25) is 9.89 Å². The largest absolute Gasteiger partial charge is 0.369 e. The van der Waals surface area contributed by atoms with E-state index in [-0.39, 0.29) is 5.91 Å². The van der Waals surface area contributed by atoms with Crippen molar-refractivity contribution in [2.45, 2.75) is 12.8 Å². The third-order valence-electron chi connectivity index (χ3n) is 2.49. The van der Waals surface area contributed by atoms with E-state index in [2.05, 4.69) is 10.2 Å². The second-order valence-corrected chi connectivity index (χ2v) is 3.76. The highest BCUT2D eigenvalue weighted by Gasteiger charge is 2.21. The molecule has 4 nitrogen and oxygen atoms in total. The molecule has 0 radical (unpaired) electrons. The predicted octanol–water partition coefficient (Wildman–Crippen LogP) is 1.34. The molecule has 1 amide bonds. The molecule has 0 bridgehead atoms. The Morgan fingerprint density at radius 2 is 2.25 bits per heavy atom. The van der Waals surface area contributed by atoms with E-state index in [9.17, 15) is 4.79 Å². The fraction of sp³-hybridized carbons (Fsp3) is 0.167. The lowest BCUT2D eigenvalue weighted by Gasteiger charge is -2.12. The van der Waals surface area contributed by atoms with Crippen molar-refractivity contribution in [1.82, 2.24) is 10.2 Å². The van der Waals surface area contributed by atoms with Crippen LogP contribution in [0.25, 0.3) is 0 Å². The molecule has 1 aromatic heterocycles. The van der Waals surface area contributed by atoms with Crippen LogP contribution < -0.4 is 5.73 Å². The minimum atomic E-state index is -0.456. The van der Waals surface area contributed by atoms with Crippen molar-refractivity contribution in [2.75, 3.05) is 0 Å². The number of hydrogen-bond acceptors (Lipinski definition) is 2. The number of nitrogens with one attached hydrogen (secondary N) is 1. The summed E-state index contributed by atoms with van der Waals surface area (Å²) >= 11 is 0. The number of hydrogen-bond donors (Lipinski definition) is 2. The lowest BCUT2D eigenvalue weighted by molar-refractivity contribution is -0.118. The van der Waals surface area contributed by atoms with Crippen molar-refractivity contribution in [1.29, 1.82) is 0 Å². The normalized spacial score (nSPS) is 12.3. The van der Waals surface area contributed by atoms with Gasteiger partial charge in [0.05, 0.1) is 5.69 Å². The standard InChI is InChI=1S/C12H13N3O/c1-8-3-2-4-9(7-8)11(12(13)16)10-5-6-14-15-10/h2-7,11H,1H3,(H2,13,16)(H,14,15). The van der Waals surface area contributed by atoms with E-state index in [0.717, 1.165) is 16.8 Å². The molecule has 3 N–H and O–H groups in total. The summed E-state index contributed by atoms with van der Waals surface area (Å²) in [6.07, 6.45) is 1.61. The van der Waals surface area contributed by atoms with E-state index in [1.807, 2.05) is 31.2 Å². The maximum atomic E-state index is 11.5. The molecule has 2 rings (SSSR count). The molecular formula is C12H13N3O. The molecule has 2 aromatic rings. The highest BCUT2D eigenvalue weighted by molar-refractivity contribution is 5.85. The molecular weight excluding hydrogens is 202 g/mol. The number of carbonyl (C=O) groups is 1. The number of amides is 1. The summed E-state index contributed by atoms with van der Waals surface area (Å²) in [4.78, 5) is 11.5. The first-order chi connectivity index (χ1) is 7.68. The van der Waals surface area contributed by atoms with Gasteiger partial charge in [0.1, 0.15) is 5.92 Å². The summed E-state index contributed by atoms with van der Waals surface area (Å²) in [5.41, 5.74) is 8.13. The first-order valence-corrected chi connectivity index (χ1v) is 5.03. The van der Waals surface area contributed by atoms with E-state index in [0.29, 0.717) is 0 Å². The average Bonchev–Trinajstić information content (AvgIpc) is 2.71. The Hall–Kier alpha value is -2.10. The zero-order chi connectivity index (χ0) is 11.5. The van der Waals surface area contributed by atoms with E-state index >= 15 is 0 Å². The number of primary amides is 1. The van der Waals surface area contributed by atoms with Crippen molar-refractivity contribution in [2.24, 2.45) is 5.73 Å². The molecule has 0 fully saturated rings. The maximum absolute atomic E-state index is 11.5. The van der Waals surface area contributed by atoms with Crippen molar-refractivity contribution in [3.63, 3.8) is 0 Å². The third-order valence-corrected chi connectivity index (χ3v) is 2.49. The summed E-state index contributed by atoms with van der Waals surface area (Å²) < 4.78 is 0. The second-order valence-electron chi connectivity index (χ2n) is 3.76. The number of rotatable bonds is 3. The molecule has 0 aliphatic carbocycles. The number of carbonyl (C=O) groups excluding carboxylic acids is 1. The first-order valence-electron chi connectivity index (χ1n) is 5.03. The summed E-state index contributed by atoms with van der Waals surface area (Å²) in [5, 5.41) is 6.63. The fourth-order valence-corrected chi connectivity index (χ4v) is 1.77. The summed E-state index contributed by atoms with van der Waals surface area (Å²) in [5.74, 6) is -0.836. The Kier molecular flexibility index (Phi) is 2.72. The SMILES string of the molecule is Cc1cccc(C(C(N)=O)c2ccn[nH]2)c1. The number of benzene rings is 1. The van der Waals surface area contributed by atoms with Gasteiger partial charge >= 0.3 is 0 Å². The quantitative estimate of drug-likeness (QED) is 0.810. The number of H-pyrrole nitrogens is 1. The number of aryl methyl sites for hydroxylation is 1. The molecule has 1 heterocycles. The van der Waals surface area contributed by atoms with E-state index < -0.39 is 5.92 Å². The molecule has 0 aliphatic heterocycles. The van der Waals surface area contributed by atoms with Gasteiger partial charge in [-0.05, 0) is 18.6 Å². The second kappa shape index (κ2) is 4.18. The van der Waals surface area contributed by atoms with Gasteiger partial charge in [0.15, 0.2) is 0 Å². The van der Waals surface area contributed by atoms with Gasteiger partial charge in [-0.15, -0.1) is 0 Å². The Morgan fingerprint density at radius 1 is 1.44 bits per heavy atom. The van der Waals surface area contributed by atoms with Gasteiger partial charge < -0.3 is 5.73 Å². The zero-order valence-corrected chi connectivity index (χ0v) is 8.97. The summed E-state index contributed by atoms with van der Waals surface area (Å²) in [6, 6.07) is 9.50. The van der Waals surface area contributed by atoms with Crippen LogP contribution >= 0.6 is 0 Å². The van der Waals surface area contributed by atoms with Crippen molar-refractivity contribution in [3.8, 4) is 0 Å². The van der Waals surface area contributed by atoms with Gasteiger partial charge in [0.25, 0.3) is 0 Å². The molecule has 4 heteroatoms. The van der Waals surface area contributed by atoms with Gasteiger partial charge in [0, 0.05) is 6.20 Å². The van der Waals surface area contributed by atoms with Crippen LogP contribution in [0.4, 0.5) is 0 Å². The highest BCUT2D eigenvalue weighted by atomic mass is 16.1. The van der Waals surface area contributed by atoms with Crippen LogP contribution in [-0.2, 0) is 4.79 Å². The molecule has 0 aliphatic rings. The first kappa shape index (κ1) is 10.4. The van der Waals surface area contributed by atoms with E-state index in [4.69, 9.17) is 5.73 Å². The van der Waals surface area contributed by atoms with E-state index in [1.165, 1.54) is 0 Å². The molecule has 0 saturated heterocycles. The molecule has 0 spiro atoms. The minimum Gasteiger partial charge on any atom is -0.369 e.